The van der Waals surface area contributed by atoms with Gasteiger partial charge in [-0.15, -0.1) is 0 Å². The highest BCUT2D eigenvalue weighted by Crippen LogP contribution is 2.26. The molecule has 0 atom stereocenters. The van der Waals surface area contributed by atoms with Crippen LogP contribution in [0.2, 0.25) is 5.15 Å². The monoisotopic (exact) mass is 169 g/mol. The van der Waals surface area contributed by atoms with Gasteiger partial charge in [0, 0.05) is 11.6 Å². The van der Waals surface area contributed by atoms with E-state index in [1.54, 1.807) is 6.07 Å². The number of hydrogen-bond acceptors (Lipinski definition) is 3. The molecule has 56 valence electrons. The largest absolute Gasteiger partial charge is 0.480 e. The molecular formula is C7H4ClNO2. The second-order valence-electron chi connectivity index (χ2n) is 2.14. The third-order valence-electron chi connectivity index (χ3n) is 1.43. The Balaban J connectivity index is 2.86. The van der Waals surface area contributed by atoms with Crippen LogP contribution >= 0.6 is 11.6 Å². The summed E-state index contributed by atoms with van der Waals surface area (Å²) < 4.78 is 4.73. The van der Waals surface area contributed by atoms with Crippen molar-refractivity contribution < 1.29 is 9.52 Å². The highest BCUT2D eigenvalue weighted by atomic mass is 35.5. The average molecular weight is 170 g/mol. The normalized spacial score (nSPS) is 10.6. The number of halogens is 1. The molecule has 2 rings (SSSR count). The number of pyridine rings is 1. The van der Waals surface area contributed by atoms with Crippen molar-refractivity contribution in [1.29, 1.82) is 0 Å². The van der Waals surface area contributed by atoms with Crippen molar-refractivity contribution in [2.75, 3.05) is 0 Å². The molecule has 0 spiro atoms. The summed E-state index contributed by atoms with van der Waals surface area (Å²) in [6.45, 7) is 0. The summed E-state index contributed by atoms with van der Waals surface area (Å²) in [5, 5.41) is 10.8. The smallest absolute Gasteiger partial charge is 0.291 e. The highest BCUT2D eigenvalue weighted by molar-refractivity contribution is 6.30. The summed E-state index contributed by atoms with van der Waals surface area (Å²) in [5.74, 6) is -0.121. The first kappa shape index (κ1) is 6.49. The molecule has 0 bridgehead atoms. The molecule has 11 heavy (non-hydrogen) atoms. The van der Waals surface area contributed by atoms with Crippen molar-refractivity contribution in [2.45, 2.75) is 0 Å². The van der Waals surface area contributed by atoms with Gasteiger partial charge in [-0.05, 0) is 6.07 Å². The molecule has 0 saturated carbocycles. The zero-order chi connectivity index (χ0) is 7.84. The molecule has 1 N–H and O–H groups in total. The Bertz CT molecular complexity index is 396. The molecule has 0 saturated heterocycles. The van der Waals surface area contributed by atoms with Crippen molar-refractivity contribution >= 4 is 22.4 Å². The molecule has 0 fully saturated rings. The van der Waals surface area contributed by atoms with Crippen LogP contribution in [-0.4, -0.2) is 10.1 Å². The molecule has 4 heteroatoms. The second-order valence-corrected chi connectivity index (χ2v) is 2.52. The van der Waals surface area contributed by atoms with Crippen LogP contribution in [0.1, 0.15) is 0 Å². The standard InChI is InChI=1S/C7H4ClNO2/c8-6-1-4-3-11-7(10)5(4)2-9-6/h1-3,10H. The SMILES string of the molecule is Oc1occ2cc(Cl)ncc12. The Morgan fingerprint density at radius 2 is 2.36 bits per heavy atom. The lowest BCUT2D eigenvalue weighted by atomic mass is 10.3. The Hall–Kier alpha value is -1.22. The highest BCUT2D eigenvalue weighted by Gasteiger charge is 2.03. The van der Waals surface area contributed by atoms with Gasteiger partial charge in [-0.3, -0.25) is 0 Å². The minimum absolute atomic E-state index is 0.121. The van der Waals surface area contributed by atoms with Crippen LogP contribution in [-0.2, 0) is 0 Å². The van der Waals surface area contributed by atoms with Gasteiger partial charge >= 0.3 is 0 Å². The predicted octanol–water partition coefficient (Wildman–Crippen LogP) is 2.19. The summed E-state index contributed by atoms with van der Waals surface area (Å²) in [7, 11) is 0. The van der Waals surface area contributed by atoms with Crippen LogP contribution in [0.3, 0.4) is 0 Å². The molecule has 0 unspecified atom stereocenters. The maximum absolute atomic E-state index is 9.05. The van der Waals surface area contributed by atoms with E-state index in [2.05, 4.69) is 4.98 Å². The van der Waals surface area contributed by atoms with Crippen LogP contribution in [0.15, 0.2) is 22.9 Å². The number of aromatic hydroxyl groups is 1. The topological polar surface area (TPSA) is 46.3 Å². The summed E-state index contributed by atoms with van der Waals surface area (Å²) in [4.78, 5) is 3.79. The van der Waals surface area contributed by atoms with Gasteiger partial charge in [-0.25, -0.2) is 4.98 Å². The molecule has 0 aromatic carbocycles. The van der Waals surface area contributed by atoms with E-state index in [0.717, 1.165) is 5.39 Å². The van der Waals surface area contributed by atoms with E-state index in [0.29, 0.717) is 10.5 Å². The Kier molecular flexibility index (Phi) is 1.26. The molecule has 0 aliphatic rings. The fourth-order valence-electron chi connectivity index (χ4n) is 0.903. The van der Waals surface area contributed by atoms with E-state index in [-0.39, 0.29) is 5.95 Å². The molecular weight excluding hydrogens is 166 g/mol. The number of rotatable bonds is 0. The summed E-state index contributed by atoms with van der Waals surface area (Å²) in [5.41, 5.74) is 0. The molecule has 3 nitrogen and oxygen atoms in total. The van der Waals surface area contributed by atoms with E-state index in [9.17, 15) is 0 Å². The van der Waals surface area contributed by atoms with Gasteiger partial charge in [-0.2, -0.15) is 0 Å². The van der Waals surface area contributed by atoms with Gasteiger partial charge in [0.2, 0.25) is 0 Å². The van der Waals surface area contributed by atoms with Crippen molar-refractivity contribution in [3.05, 3.63) is 23.7 Å². The Morgan fingerprint density at radius 1 is 1.55 bits per heavy atom. The molecule has 0 aliphatic carbocycles. The minimum atomic E-state index is -0.121. The molecule has 2 aromatic rings. The van der Waals surface area contributed by atoms with E-state index < -0.39 is 0 Å². The van der Waals surface area contributed by atoms with Gasteiger partial charge in [0.15, 0.2) is 0 Å². The first-order valence-electron chi connectivity index (χ1n) is 2.99. The van der Waals surface area contributed by atoms with Crippen LogP contribution in [0.5, 0.6) is 5.95 Å². The van der Waals surface area contributed by atoms with Gasteiger partial charge in [0.05, 0.1) is 5.39 Å². The fraction of sp³-hybridized carbons (Fsp3) is 0. The Labute approximate surface area is 67.2 Å². The quantitative estimate of drug-likeness (QED) is 0.615. The lowest BCUT2D eigenvalue weighted by molar-refractivity contribution is 0.338. The molecule has 0 radical (unpaired) electrons. The fourth-order valence-corrected chi connectivity index (χ4v) is 1.07. The lowest BCUT2D eigenvalue weighted by Gasteiger charge is -1.87. The summed E-state index contributed by atoms with van der Waals surface area (Å²) >= 11 is 5.59. The number of nitrogens with zero attached hydrogens (tertiary/aromatic N) is 1. The molecule has 2 aromatic heterocycles. The molecule has 0 amide bonds. The summed E-state index contributed by atoms with van der Waals surface area (Å²) in [6.07, 6.45) is 2.90. The number of fused-ring (bicyclic) bond motifs is 1. The van der Waals surface area contributed by atoms with E-state index in [1.165, 1.54) is 12.5 Å². The van der Waals surface area contributed by atoms with Crippen LogP contribution in [0.25, 0.3) is 10.8 Å². The van der Waals surface area contributed by atoms with E-state index >= 15 is 0 Å². The number of furan rings is 1. The predicted molar refractivity (Wildman–Crippen MR) is 40.7 cm³/mol. The van der Waals surface area contributed by atoms with Crippen molar-refractivity contribution in [2.24, 2.45) is 0 Å². The molecule has 2 heterocycles. The van der Waals surface area contributed by atoms with E-state index in [1.807, 2.05) is 0 Å². The van der Waals surface area contributed by atoms with Crippen molar-refractivity contribution in [1.82, 2.24) is 4.98 Å². The average Bonchev–Trinajstić information content (AvgIpc) is 2.32. The third kappa shape index (κ3) is 0.935. The van der Waals surface area contributed by atoms with Crippen LogP contribution < -0.4 is 0 Å². The van der Waals surface area contributed by atoms with Gasteiger partial charge < -0.3 is 9.52 Å². The Morgan fingerprint density at radius 3 is 3.18 bits per heavy atom. The zero-order valence-electron chi connectivity index (χ0n) is 5.41. The number of aromatic nitrogens is 1. The van der Waals surface area contributed by atoms with Crippen molar-refractivity contribution in [3.8, 4) is 5.95 Å². The van der Waals surface area contributed by atoms with Crippen molar-refractivity contribution in [3.63, 3.8) is 0 Å². The lowest BCUT2D eigenvalue weighted by Crippen LogP contribution is -1.71. The van der Waals surface area contributed by atoms with Gasteiger partial charge in [-0.1, -0.05) is 11.6 Å². The van der Waals surface area contributed by atoms with Gasteiger partial charge in [0.25, 0.3) is 5.95 Å². The maximum Gasteiger partial charge on any atom is 0.291 e. The van der Waals surface area contributed by atoms with Gasteiger partial charge in [0.1, 0.15) is 11.4 Å². The third-order valence-corrected chi connectivity index (χ3v) is 1.64. The maximum atomic E-state index is 9.05. The first-order valence-corrected chi connectivity index (χ1v) is 3.37. The number of hydrogen-bond donors (Lipinski definition) is 1. The van der Waals surface area contributed by atoms with Crippen LogP contribution in [0.4, 0.5) is 0 Å². The minimum Gasteiger partial charge on any atom is -0.480 e. The first-order chi connectivity index (χ1) is 5.27. The summed E-state index contributed by atoms with van der Waals surface area (Å²) in [6, 6.07) is 1.63. The zero-order valence-corrected chi connectivity index (χ0v) is 6.17. The second kappa shape index (κ2) is 2.13. The van der Waals surface area contributed by atoms with Crippen LogP contribution in [0, 0.1) is 0 Å². The van der Waals surface area contributed by atoms with E-state index in [4.69, 9.17) is 21.1 Å². The molecule has 0 aliphatic heterocycles.